The lowest BCUT2D eigenvalue weighted by Crippen LogP contribution is -2.44. The molecule has 4 nitrogen and oxygen atoms in total. The monoisotopic (exact) mass is 275 g/mol. The van der Waals surface area contributed by atoms with Crippen LogP contribution < -0.4 is 14.8 Å². The second-order valence-corrected chi connectivity index (χ2v) is 5.86. The maximum absolute atomic E-state index is 11.8. The van der Waals surface area contributed by atoms with Crippen molar-refractivity contribution >= 4 is 5.91 Å². The van der Waals surface area contributed by atoms with Crippen LogP contribution in [-0.4, -0.2) is 25.2 Å². The summed E-state index contributed by atoms with van der Waals surface area (Å²) >= 11 is 0. The molecule has 2 rings (SSSR count). The third-order valence-corrected chi connectivity index (χ3v) is 3.18. The Morgan fingerprint density at radius 1 is 1.45 bits per heavy atom. The molecule has 0 saturated carbocycles. The summed E-state index contributed by atoms with van der Waals surface area (Å²) in [5.41, 5.74) is 1.23. The van der Waals surface area contributed by atoms with E-state index in [4.69, 9.17) is 9.47 Å². The minimum atomic E-state index is -0.608. The molecule has 0 spiro atoms. The topological polar surface area (TPSA) is 47.6 Å². The molecule has 1 aromatic carbocycles. The molecule has 1 aromatic rings. The van der Waals surface area contributed by atoms with Gasteiger partial charge in [0, 0.05) is 6.54 Å². The van der Waals surface area contributed by atoms with Gasteiger partial charge in [-0.2, -0.15) is 0 Å². The van der Waals surface area contributed by atoms with Gasteiger partial charge in [-0.3, -0.25) is 4.79 Å². The van der Waals surface area contributed by atoms with Gasteiger partial charge in [0.05, 0.1) is 0 Å². The number of benzene rings is 1. The lowest BCUT2D eigenvalue weighted by atomic mass is 9.87. The first kappa shape index (κ1) is 14.4. The van der Waals surface area contributed by atoms with Crippen LogP contribution in [0.2, 0.25) is 0 Å². The average molecular weight is 275 g/mol. The lowest BCUT2D eigenvalue weighted by Gasteiger charge is -2.27. The minimum absolute atomic E-state index is 0.0522. The van der Waals surface area contributed by atoms with Crippen molar-refractivity contribution in [2.75, 3.05) is 13.2 Å². The molecule has 1 amide bonds. The van der Waals surface area contributed by atoms with Gasteiger partial charge in [-0.05, 0) is 23.1 Å². The highest BCUT2D eigenvalue weighted by Gasteiger charge is 2.28. The van der Waals surface area contributed by atoms with Crippen LogP contribution in [0, 0.1) is 0 Å². The summed E-state index contributed by atoms with van der Waals surface area (Å²) in [4.78, 5) is 11.8. The summed E-state index contributed by atoms with van der Waals surface area (Å²) in [6.07, 6.45) is 1.02. The Morgan fingerprint density at radius 2 is 2.20 bits per heavy atom. The SMILES string of the molecule is C=CCNC(=O)C1COc2cc(C(C)(C)C)ccc2O1. The number of ether oxygens (including phenoxy) is 2. The van der Waals surface area contributed by atoms with Crippen molar-refractivity contribution in [1.82, 2.24) is 5.32 Å². The molecule has 0 radical (unpaired) electrons. The lowest BCUT2D eigenvalue weighted by molar-refractivity contribution is -0.130. The first-order valence-electron chi connectivity index (χ1n) is 6.74. The van der Waals surface area contributed by atoms with E-state index in [0.29, 0.717) is 18.0 Å². The van der Waals surface area contributed by atoms with Crippen molar-refractivity contribution in [3.05, 3.63) is 36.4 Å². The van der Waals surface area contributed by atoms with Crippen molar-refractivity contribution in [3.8, 4) is 11.5 Å². The van der Waals surface area contributed by atoms with E-state index < -0.39 is 6.10 Å². The van der Waals surface area contributed by atoms with Crippen molar-refractivity contribution < 1.29 is 14.3 Å². The zero-order valence-corrected chi connectivity index (χ0v) is 12.2. The molecule has 1 N–H and O–H groups in total. The molecule has 108 valence electrons. The Hall–Kier alpha value is -1.97. The number of carbonyl (C=O) groups is 1. The highest BCUT2D eigenvalue weighted by molar-refractivity contribution is 5.81. The summed E-state index contributed by atoms with van der Waals surface area (Å²) in [7, 11) is 0. The quantitative estimate of drug-likeness (QED) is 0.862. The average Bonchev–Trinajstić information content (AvgIpc) is 2.42. The van der Waals surface area contributed by atoms with Gasteiger partial charge >= 0.3 is 0 Å². The summed E-state index contributed by atoms with van der Waals surface area (Å²) in [6.45, 7) is 10.6. The predicted molar refractivity (Wildman–Crippen MR) is 78.3 cm³/mol. The maximum Gasteiger partial charge on any atom is 0.264 e. The zero-order chi connectivity index (χ0) is 14.8. The summed E-state index contributed by atoms with van der Waals surface area (Å²) < 4.78 is 11.3. The molecule has 0 bridgehead atoms. The first-order chi connectivity index (χ1) is 9.41. The maximum atomic E-state index is 11.8. The van der Waals surface area contributed by atoms with Gasteiger partial charge in [0.25, 0.3) is 5.91 Å². The van der Waals surface area contributed by atoms with Crippen molar-refractivity contribution in [1.29, 1.82) is 0 Å². The number of hydrogen-bond donors (Lipinski definition) is 1. The molecule has 1 atom stereocenters. The van der Waals surface area contributed by atoms with Crippen LogP contribution in [0.25, 0.3) is 0 Å². The molecule has 4 heteroatoms. The Kier molecular flexibility index (Phi) is 4.02. The second-order valence-electron chi connectivity index (χ2n) is 5.86. The van der Waals surface area contributed by atoms with Crippen molar-refractivity contribution in [2.45, 2.75) is 32.3 Å². The van der Waals surface area contributed by atoms with Gasteiger partial charge in [-0.25, -0.2) is 0 Å². The molecule has 0 fully saturated rings. The first-order valence-corrected chi connectivity index (χ1v) is 6.74. The largest absolute Gasteiger partial charge is 0.485 e. The molecular weight excluding hydrogens is 254 g/mol. The summed E-state index contributed by atoms with van der Waals surface area (Å²) in [5.74, 6) is 1.13. The molecular formula is C16H21NO3. The number of fused-ring (bicyclic) bond motifs is 1. The number of amides is 1. The molecule has 1 unspecified atom stereocenters. The van der Waals surface area contributed by atoms with Gasteiger partial charge in [-0.1, -0.05) is 32.9 Å². The smallest absolute Gasteiger partial charge is 0.264 e. The predicted octanol–water partition coefficient (Wildman–Crippen LogP) is 2.43. The number of rotatable bonds is 3. The fourth-order valence-corrected chi connectivity index (χ4v) is 1.95. The van der Waals surface area contributed by atoms with Gasteiger partial charge < -0.3 is 14.8 Å². The van der Waals surface area contributed by atoms with E-state index in [2.05, 4.69) is 32.7 Å². The molecule has 0 saturated heterocycles. The van der Waals surface area contributed by atoms with Crippen LogP contribution in [-0.2, 0) is 10.2 Å². The Morgan fingerprint density at radius 3 is 2.85 bits per heavy atom. The minimum Gasteiger partial charge on any atom is -0.485 e. The number of hydrogen-bond acceptors (Lipinski definition) is 3. The highest BCUT2D eigenvalue weighted by atomic mass is 16.6. The van der Waals surface area contributed by atoms with E-state index in [-0.39, 0.29) is 17.9 Å². The summed E-state index contributed by atoms with van der Waals surface area (Å²) in [5, 5.41) is 2.71. The Balaban J connectivity index is 2.12. The Bertz CT molecular complexity index is 517. The third-order valence-electron chi connectivity index (χ3n) is 3.18. The van der Waals surface area contributed by atoms with E-state index in [1.165, 1.54) is 5.56 Å². The summed E-state index contributed by atoms with van der Waals surface area (Å²) in [6, 6.07) is 5.85. The molecule has 20 heavy (non-hydrogen) atoms. The van der Waals surface area contributed by atoms with E-state index in [0.717, 1.165) is 0 Å². The van der Waals surface area contributed by atoms with Crippen molar-refractivity contribution in [2.24, 2.45) is 0 Å². The second kappa shape index (κ2) is 5.57. The number of nitrogens with one attached hydrogen (secondary N) is 1. The van der Waals surface area contributed by atoms with Gasteiger partial charge in [0.15, 0.2) is 11.5 Å². The molecule has 1 aliphatic rings. The van der Waals surface area contributed by atoms with Gasteiger partial charge in [0.1, 0.15) is 6.61 Å². The van der Waals surface area contributed by atoms with Gasteiger partial charge in [-0.15, -0.1) is 6.58 Å². The Labute approximate surface area is 119 Å². The van der Waals surface area contributed by atoms with E-state index in [1.54, 1.807) is 6.08 Å². The van der Waals surface area contributed by atoms with Crippen LogP contribution in [0.5, 0.6) is 11.5 Å². The number of carbonyl (C=O) groups excluding carboxylic acids is 1. The molecule has 0 aromatic heterocycles. The fourth-order valence-electron chi connectivity index (χ4n) is 1.95. The van der Waals surface area contributed by atoms with Crippen LogP contribution in [0.4, 0.5) is 0 Å². The van der Waals surface area contributed by atoms with Crippen LogP contribution in [0.15, 0.2) is 30.9 Å². The fraction of sp³-hybridized carbons (Fsp3) is 0.438. The highest BCUT2D eigenvalue weighted by Crippen LogP contribution is 2.36. The molecule has 0 aliphatic carbocycles. The van der Waals surface area contributed by atoms with Crippen molar-refractivity contribution in [3.63, 3.8) is 0 Å². The normalized spacial score (nSPS) is 17.4. The van der Waals surface area contributed by atoms with Crippen LogP contribution in [0.3, 0.4) is 0 Å². The zero-order valence-electron chi connectivity index (χ0n) is 12.2. The van der Waals surface area contributed by atoms with Gasteiger partial charge in [0.2, 0.25) is 6.10 Å². The third kappa shape index (κ3) is 3.13. The molecule has 1 heterocycles. The van der Waals surface area contributed by atoms with E-state index >= 15 is 0 Å². The van der Waals surface area contributed by atoms with Crippen LogP contribution in [0.1, 0.15) is 26.3 Å². The van der Waals surface area contributed by atoms with E-state index in [1.807, 2.05) is 18.2 Å². The van der Waals surface area contributed by atoms with Crippen LogP contribution >= 0.6 is 0 Å². The van der Waals surface area contributed by atoms with E-state index in [9.17, 15) is 4.79 Å². The standard InChI is InChI=1S/C16H21NO3/c1-5-8-17-15(18)14-10-19-13-9-11(16(2,3)4)6-7-12(13)20-14/h5-7,9,14H,1,8,10H2,2-4H3,(H,17,18). The molecule has 1 aliphatic heterocycles.